The minimum Gasteiger partial charge on any atom is -0.482 e. The second-order valence-corrected chi connectivity index (χ2v) is 3.69. The van der Waals surface area contributed by atoms with Crippen LogP contribution in [-0.2, 0) is 4.79 Å². The summed E-state index contributed by atoms with van der Waals surface area (Å²) in [6.45, 7) is 3.58. The van der Waals surface area contributed by atoms with Crippen LogP contribution in [0.2, 0.25) is 0 Å². The lowest BCUT2D eigenvalue weighted by Crippen LogP contribution is -2.36. The van der Waals surface area contributed by atoms with Gasteiger partial charge >= 0.3 is 0 Å². The number of allylic oxidation sites excluding steroid dienone is 1. The second kappa shape index (κ2) is 4.78. The molecule has 90 valence electrons. The van der Waals surface area contributed by atoms with Crippen LogP contribution in [0.4, 0.5) is 0 Å². The van der Waals surface area contributed by atoms with Gasteiger partial charge in [0.25, 0.3) is 0 Å². The maximum Gasteiger partial charge on any atom is 0.235 e. The molecule has 2 N–H and O–H groups in total. The maximum atomic E-state index is 10.8. The zero-order valence-electron chi connectivity index (χ0n) is 9.74. The zero-order valence-corrected chi connectivity index (χ0v) is 9.74. The van der Waals surface area contributed by atoms with E-state index in [4.69, 9.17) is 9.47 Å². The Kier molecular flexibility index (Phi) is 3.18. The first-order valence-electron chi connectivity index (χ1n) is 5.29. The monoisotopic (exact) mass is 234 g/mol. The number of amides is 1. The number of benzene rings is 1. The average molecular weight is 234 g/mol. The van der Waals surface area contributed by atoms with Crippen molar-refractivity contribution < 1.29 is 14.3 Å². The quantitative estimate of drug-likeness (QED) is 0.758. The molecule has 1 heterocycles. The number of fused-ring (bicyclic) bond motifs is 1. The number of carbonyl (C=O) groups excluding carboxylic acids is 1. The van der Waals surface area contributed by atoms with E-state index >= 15 is 0 Å². The molecular formula is C12H14N2O3. The van der Waals surface area contributed by atoms with Crippen molar-refractivity contribution >= 4 is 5.91 Å². The molecule has 17 heavy (non-hydrogen) atoms. The molecule has 0 spiro atoms. The van der Waals surface area contributed by atoms with E-state index < -0.39 is 0 Å². The number of hydrogen-bond donors (Lipinski definition) is 2. The molecule has 0 aromatic heterocycles. The first-order valence-corrected chi connectivity index (χ1v) is 5.29. The summed E-state index contributed by atoms with van der Waals surface area (Å²) in [6, 6.07) is 7.45. The van der Waals surface area contributed by atoms with Gasteiger partial charge in [0.1, 0.15) is 6.61 Å². The van der Waals surface area contributed by atoms with Gasteiger partial charge < -0.3 is 9.47 Å². The van der Waals surface area contributed by atoms with Crippen molar-refractivity contribution in [2.24, 2.45) is 0 Å². The molecule has 0 fully saturated rings. The van der Waals surface area contributed by atoms with E-state index in [2.05, 4.69) is 10.9 Å². The Hall–Kier alpha value is -2.17. The van der Waals surface area contributed by atoms with Crippen LogP contribution < -0.4 is 20.3 Å². The van der Waals surface area contributed by atoms with Crippen molar-refractivity contribution in [3.8, 4) is 11.5 Å². The molecule has 0 atom stereocenters. The summed E-state index contributed by atoms with van der Waals surface area (Å²) in [7, 11) is 0. The number of hydrogen-bond acceptors (Lipinski definition) is 4. The van der Waals surface area contributed by atoms with Crippen LogP contribution in [0.5, 0.6) is 11.5 Å². The van der Waals surface area contributed by atoms with Crippen molar-refractivity contribution in [1.29, 1.82) is 0 Å². The second-order valence-electron chi connectivity index (χ2n) is 3.69. The van der Waals surface area contributed by atoms with Gasteiger partial charge in [-0.05, 0) is 19.1 Å². The molecule has 0 radical (unpaired) electrons. The smallest absolute Gasteiger partial charge is 0.235 e. The Morgan fingerprint density at radius 1 is 1.18 bits per heavy atom. The molecule has 0 saturated carbocycles. The van der Waals surface area contributed by atoms with Gasteiger partial charge in [-0.3, -0.25) is 15.6 Å². The van der Waals surface area contributed by atoms with Crippen LogP contribution in [0.15, 0.2) is 35.7 Å². The number of rotatable bonds is 2. The zero-order chi connectivity index (χ0) is 12.3. The number of para-hydroxylation sites is 2. The summed E-state index contributed by atoms with van der Waals surface area (Å²) in [6.07, 6.45) is 0. The van der Waals surface area contributed by atoms with Gasteiger partial charge in [0.15, 0.2) is 17.3 Å². The Bertz CT molecular complexity index is 469. The van der Waals surface area contributed by atoms with E-state index in [-0.39, 0.29) is 5.91 Å². The highest BCUT2D eigenvalue weighted by molar-refractivity contribution is 5.72. The third-order valence-corrected chi connectivity index (χ3v) is 2.29. The molecular weight excluding hydrogens is 220 g/mol. The van der Waals surface area contributed by atoms with Crippen LogP contribution in [0.25, 0.3) is 0 Å². The highest BCUT2D eigenvalue weighted by atomic mass is 16.6. The minimum absolute atomic E-state index is 0.165. The summed E-state index contributed by atoms with van der Waals surface area (Å²) < 4.78 is 11.2. The van der Waals surface area contributed by atoms with E-state index in [9.17, 15) is 4.79 Å². The summed E-state index contributed by atoms with van der Waals surface area (Å²) in [5.41, 5.74) is 5.96. The Morgan fingerprint density at radius 2 is 1.88 bits per heavy atom. The average Bonchev–Trinajstić information content (AvgIpc) is 2.35. The van der Waals surface area contributed by atoms with Gasteiger partial charge in [-0.1, -0.05) is 12.1 Å². The molecule has 0 saturated heterocycles. The Balaban J connectivity index is 2.10. The number of nitrogens with one attached hydrogen (secondary N) is 2. The van der Waals surface area contributed by atoms with Crippen molar-refractivity contribution in [3.63, 3.8) is 0 Å². The fourth-order valence-corrected chi connectivity index (χ4v) is 1.40. The molecule has 1 aliphatic heterocycles. The summed E-state index contributed by atoms with van der Waals surface area (Å²) in [4.78, 5) is 10.8. The highest BCUT2D eigenvalue weighted by Gasteiger charge is 2.17. The van der Waals surface area contributed by atoms with Gasteiger partial charge in [-0.25, -0.2) is 0 Å². The number of carbonyl (C=O) groups is 1. The normalized spacial score (nSPS) is 16.1. The van der Waals surface area contributed by atoms with Crippen LogP contribution in [0.1, 0.15) is 13.8 Å². The number of ether oxygens (including phenoxy) is 2. The molecule has 1 amide bonds. The van der Waals surface area contributed by atoms with Gasteiger partial charge in [-0.15, -0.1) is 0 Å². The van der Waals surface area contributed by atoms with E-state index in [0.717, 1.165) is 11.4 Å². The van der Waals surface area contributed by atoms with E-state index in [1.165, 1.54) is 6.92 Å². The maximum absolute atomic E-state index is 10.8. The van der Waals surface area contributed by atoms with Gasteiger partial charge in [-0.2, -0.15) is 0 Å². The van der Waals surface area contributed by atoms with Crippen LogP contribution in [-0.4, -0.2) is 12.5 Å². The molecule has 0 bridgehead atoms. The summed E-state index contributed by atoms with van der Waals surface area (Å²) in [5.74, 6) is 1.89. The first kappa shape index (κ1) is 11.3. The molecule has 1 aromatic carbocycles. The van der Waals surface area contributed by atoms with Gasteiger partial charge in [0, 0.05) is 6.92 Å². The van der Waals surface area contributed by atoms with Crippen LogP contribution in [0, 0.1) is 0 Å². The largest absolute Gasteiger partial charge is 0.482 e. The molecule has 0 unspecified atom stereocenters. The topological polar surface area (TPSA) is 59.6 Å². The van der Waals surface area contributed by atoms with Crippen LogP contribution >= 0.6 is 0 Å². The SMILES string of the molecule is CC(=O)NN/C(C)=C1/COc2ccccc2O1. The predicted octanol–water partition coefficient (Wildman–Crippen LogP) is 1.33. The van der Waals surface area contributed by atoms with Crippen molar-refractivity contribution in [2.45, 2.75) is 13.8 Å². The van der Waals surface area contributed by atoms with Gasteiger partial charge in [0.2, 0.25) is 5.91 Å². The van der Waals surface area contributed by atoms with Crippen molar-refractivity contribution in [2.75, 3.05) is 6.61 Å². The summed E-state index contributed by atoms with van der Waals surface area (Å²) in [5, 5.41) is 0. The van der Waals surface area contributed by atoms with Gasteiger partial charge in [0.05, 0.1) is 5.70 Å². The molecule has 0 aliphatic carbocycles. The molecule has 1 aromatic rings. The van der Waals surface area contributed by atoms with E-state index in [0.29, 0.717) is 18.1 Å². The molecule has 5 heteroatoms. The number of hydrazine groups is 1. The molecule has 2 rings (SSSR count). The highest BCUT2D eigenvalue weighted by Crippen LogP contribution is 2.32. The lowest BCUT2D eigenvalue weighted by Gasteiger charge is -2.22. The fraction of sp³-hybridized carbons (Fsp3) is 0.250. The Morgan fingerprint density at radius 3 is 2.59 bits per heavy atom. The van der Waals surface area contributed by atoms with E-state index in [1.807, 2.05) is 31.2 Å². The van der Waals surface area contributed by atoms with Crippen LogP contribution in [0.3, 0.4) is 0 Å². The lowest BCUT2D eigenvalue weighted by atomic mass is 10.3. The van der Waals surface area contributed by atoms with E-state index in [1.54, 1.807) is 0 Å². The minimum atomic E-state index is -0.165. The lowest BCUT2D eigenvalue weighted by molar-refractivity contribution is -0.119. The Labute approximate surface area is 99.4 Å². The standard InChI is InChI=1S/C12H14N2O3/c1-8(13-14-9(2)15)12-7-16-10-5-3-4-6-11(10)17-12/h3-6,13H,7H2,1-2H3,(H,14,15)/b12-8-. The van der Waals surface area contributed by atoms with Crippen molar-refractivity contribution in [3.05, 3.63) is 35.7 Å². The first-order chi connectivity index (χ1) is 8.16. The summed E-state index contributed by atoms with van der Waals surface area (Å²) >= 11 is 0. The predicted molar refractivity (Wildman–Crippen MR) is 62.2 cm³/mol. The molecule has 1 aliphatic rings. The van der Waals surface area contributed by atoms with Crippen molar-refractivity contribution in [1.82, 2.24) is 10.9 Å². The third-order valence-electron chi connectivity index (χ3n) is 2.29. The fourth-order valence-electron chi connectivity index (χ4n) is 1.40. The third kappa shape index (κ3) is 2.69. The molecule has 5 nitrogen and oxygen atoms in total.